The Kier molecular flexibility index (Phi) is 3.60. The average molecular weight is 274 g/mol. The molecule has 0 unspecified atom stereocenters. The Labute approximate surface area is 116 Å². The highest BCUT2D eigenvalue weighted by Crippen LogP contribution is 2.32. The van der Waals surface area contributed by atoms with Crippen LogP contribution in [-0.4, -0.2) is 18.7 Å². The van der Waals surface area contributed by atoms with E-state index in [0.29, 0.717) is 6.79 Å². The highest BCUT2D eigenvalue weighted by Gasteiger charge is 2.12. The number of fused-ring (bicyclic) bond motifs is 2. The van der Waals surface area contributed by atoms with Crippen LogP contribution in [0.2, 0.25) is 0 Å². The molecule has 2 aromatic carbocycles. The smallest absolute Gasteiger partial charge is 0.231 e. The van der Waals surface area contributed by atoms with Gasteiger partial charge in [-0.3, -0.25) is 0 Å². The van der Waals surface area contributed by atoms with Crippen LogP contribution < -0.4 is 18.9 Å². The van der Waals surface area contributed by atoms with Gasteiger partial charge in [-0.1, -0.05) is 18.2 Å². The number of rotatable bonds is 1. The Morgan fingerprint density at radius 1 is 0.750 bits per heavy atom. The maximum Gasteiger partial charge on any atom is 0.231 e. The van der Waals surface area contributed by atoms with E-state index >= 15 is 0 Å². The molecule has 0 fully saturated rings. The van der Waals surface area contributed by atoms with E-state index in [4.69, 9.17) is 24.1 Å². The highest BCUT2D eigenvalue weighted by molar-refractivity contribution is 5.44. The van der Waals surface area contributed by atoms with Crippen molar-refractivity contribution >= 4 is 0 Å². The Morgan fingerprint density at radius 3 is 1.90 bits per heavy atom. The van der Waals surface area contributed by atoms with Gasteiger partial charge < -0.3 is 24.1 Å². The summed E-state index contributed by atoms with van der Waals surface area (Å²) in [5, 5.41) is 8.77. The summed E-state index contributed by atoms with van der Waals surface area (Å²) in [5.41, 5.74) is 0.842. The van der Waals surface area contributed by atoms with Crippen LogP contribution in [0.4, 0.5) is 0 Å². The zero-order chi connectivity index (χ0) is 13.8. The van der Waals surface area contributed by atoms with Gasteiger partial charge in [0.25, 0.3) is 0 Å². The topological polar surface area (TPSA) is 57.2 Å². The Hall–Kier alpha value is -2.40. The molecule has 2 aliphatic rings. The summed E-state index contributed by atoms with van der Waals surface area (Å²) in [4.78, 5) is 0. The fourth-order valence-corrected chi connectivity index (χ4v) is 1.88. The molecule has 0 bridgehead atoms. The lowest BCUT2D eigenvalue weighted by molar-refractivity contribution is 0.173. The lowest BCUT2D eigenvalue weighted by Gasteiger charge is -1.97. The summed E-state index contributed by atoms with van der Waals surface area (Å²) in [7, 11) is 0. The predicted octanol–water partition coefficient (Wildman–Crippen LogP) is 2.32. The minimum Gasteiger partial charge on any atom is -0.454 e. The molecule has 104 valence electrons. The van der Waals surface area contributed by atoms with Gasteiger partial charge in [0, 0.05) is 0 Å². The Morgan fingerprint density at radius 2 is 1.30 bits per heavy atom. The molecule has 5 heteroatoms. The van der Waals surface area contributed by atoms with Crippen LogP contribution in [0.3, 0.4) is 0 Å². The van der Waals surface area contributed by atoms with Crippen molar-refractivity contribution in [3.63, 3.8) is 0 Å². The quantitative estimate of drug-likeness (QED) is 0.865. The Bertz CT molecular complexity index is 574. The van der Waals surface area contributed by atoms with E-state index < -0.39 is 0 Å². The van der Waals surface area contributed by atoms with Crippen molar-refractivity contribution < 1.29 is 24.1 Å². The van der Waals surface area contributed by atoms with Crippen LogP contribution in [0.5, 0.6) is 23.0 Å². The fourth-order valence-electron chi connectivity index (χ4n) is 1.88. The molecule has 0 atom stereocenters. The first kappa shape index (κ1) is 12.6. The molecule has 0 radical (unpaired) electrons. The van der Waals surface area contributed by atoms with Crippen LogP contribution in [0, 0.1) is 0 Å². The van der Waals surface area contributed by atoms with Gasteiger partial charge in [-0.2, -0.15) is 0 Å². The molecule has 0 saturated carbocycles. The highest BCUT2D eigenvalue weighted by atomic mass is 16.7. The molecule has 0 aromatic heterocycles. The molecular weight excluding hydrogens is 260 g/mol. The number of aliphatic hydroxyl groups is 1. The van der Waals surface area contributed by atoms with E-state index in [1.54, 1.807) is 12.1 Å². The van der Waals surface area contributed by atoms with Crippen LogP contribution in [-0.2, 0) is 6.61 Å². The molecule has 0 saturated heterocycles. The summed E-state index contributed by atoms with van der Waals surface area (Å²) in [6, 6.07) is 13.0. The molecule has 2 aromatic rings. The molecule has 0 aliphatic carbocycles. The van der Waals surface area contributed by atoms with Gasteiger partial charge in [0.2, 0.25) is 13.6 Å². The van der Waals surface area contributed by atoms with Crippen molar-refractivity contribution in [3.05, 3.63) is 48.0 Å². The van der Waals surface area contributed by atoms with Crippen LogP contribution >= 0.6 is 0 Å². The van der Waals surface area contributed by atoms with Crippen molar-refractivity contribution in [2.24, 2.45) is 0 Å². The number of ether oxygens (including phenoxy) is 4. The van der Waals surface area contributed by atoms with E-state index in [1.807, 2.05) is 30.3 Å². The third kappa shape index (κ3) is 2.62. The lowest BCUT2D eigenvalue weighted by atomic mass is 10.2. The molecule has 20 heavy (non-hydrogen) atoms. The number of hydrogen-bond donors (Lipinski definition) is 1. The maximum atomic E-state index is 8.77. The van der Waals surface area contributed by atoms with Crippen LogP contribution in [0.15, 0.2) is 42.5 Å². The monoisotopic (exact) mass is 274 g/mol. The summed E-state index contributed by atoms with van der Waals surface area (Å²) in [6.45, 7) is 0.681. The van der Waals surface area contributed by atoms with Crippen molar-refractivity contribution in [1.29, 1.82) is 0 Å². The second kappa shape index (κ2) is 5.71. The summed E-state index contributed by atoms with van der Waals surface area (Å²) in [5.74, 6) is 3.16. The Balaban J connectivity index is 0.000000123. The molecule has 5 nitrogen and oxygen atoms in total. The number of para-hydroxylation sites is 2. The molecule has 1 N–H and O–H groups in total. The van der Waals surface area contributed by atoms with E-state index in [-0.39, 0.29) is 13.4 Å². The third-order valence-corrected chi connectivity index (χ3v) is 2.90. The zero-order valence-corrected chi connectivity index (χ0v) is 10.7. The van der Waals surface area contributed by atoms with E-state index in [1.165, 1.54) is 0 Å². The lowest BCUT2D eigenvalue weighted by Crippen LogP contribution is -1.92. The first-order valence-corrected chi connectivity index (χ1v) is 6.21. The average Bonchev–Trinajstić information content (AvgIpc) is 3.15. The molecule has 4 rings (SSSR count). The molecule has 2 heterocycles. The zero-order valence-electron chi connectivity index (χ0n) is 10.7. The maximum absolute atomic E-state index is 8.77. The van der Waals surface area contributed by atoms with Gasteiger partial charge in [0.05, 0.1) is 6.61 Å². The second-order valence-corrected chi connectivity index (χ2v) is 4.20. The largest absolute Gasteiger partial charge is 0.454 e. The standard InChI is InChI=1S/C8H8O3.C7H6O2/c9-4-6-1-2-7-8(3-6)11-5-10-7;1-2-4-7-6(3-1)8-5-9-7/h1-3,9H,4-5H2;1-4H,5H2. The van der Waals surface area contributed by atoms with Crippen molar-refractivity contribution in [3.8, 4) is 23.0 Å². The summed E-state index contributed by atoms with van der Waals surface area (Å²) < 4.78 is 20.4. The SMILES string of the molecule is OCc1ccc2c(c1)OCO2.c1ccc2c(c1)OCO2. The van der Waals surface area contributed by atoms with E-state index in [0.717, 1.165) is 28.6 Å². The van der Waals surface area contributed by atoms with Crippen molar-refractivity contribution in [2.45, 2.75) is 6.61 Å². The number of benzene rings is 2. The minimum absolute atomic E-state index is 0.0383. The molecule has 0 spiro atoms. The molecule has 2 aliphatic heterocycles. The molecule has 0 amide bonds. The number of hydrogen-bond acceptors (Lipinski definition) is 5. The van der Waals surface area contributed by atoms with Gasteiger partial charge >= 0.3 is 0 Å². The summed E-state index contributed by atoms with van der Waals surface area (Å²) in [6.07, 6.45) is 0. The molecular formula is C15H14O5. The van der Waals surface area contributed by atoms with E-state index in [9.17, 15) is 0 Å². The van der Waals surface area contributed by atoms with Crippen molar-refractivity contribution in [1.82, 2.24) is 0 Å². The predicted molar refractivity (Wildman–Crippen MR) is 71.1 cm³/mol. The normalized spacial score (nSPS) is 13.7. The fraction of sp³-hybridized carbons (Fsp3) is 0.200. The van der Waals surface area contributed by atoms with Gasteiger partial charge in [0.15, 0.2) is 23.0 Å². The third-order valence-electron chi connectivity index (χ3n) is 2.90. The summed E-state index contributed by atoms with van der Waals surface area (Å²) >= 11 is 0. The van der Waals surface area contributed by atoms with Gasteiger partial charge in [0.1, 0.15) is 0 Å². The van der Waals surface area contributed by atoms with Gasteiger partial charge in [-0.05, 0) is 29.8 Å². The second-order valence-electron chi connectivity index (χ2n) is 4.20. The minimum atomic E-state index is 0.0383. The van der Waals surface area contributed by atoms with Gasteiger partial charge in [-0.25, -0.2) is 0 Å². The van der Waals surface area contributed by atoms with Crippen LogP contribution in [0.25, 0.3) is 0 Å². The number of aliphatic hydroxyl groups excluding tert-OH is 1. The first-order chi connectivity index (χ1) is 9.86. The van der Waals surface area contributed by atoms with Gasteiger partial charge in [-0.15, -0.1) is 0 Å². The van der Waals surface area contributed by atoms with Crippen LogP contribution in [0.1, 0.15) is 5.56 Å². The van der Waals surface area contributed by atoms with E-state index in [2.05, 4.69) is 0 Å². The van der Waals surface area contributed by atoms with Crippen molar-refractivity contribution in [2.75, 3.05) is 13.6 Å². The first-order valence-electron chi connectivity index (χ1n) is 6.21.